The van der Waals surface area contributed by atoms with Gasteiger partial charge in [0.15, 0.2) is 0 Å². The Morgan fingerprint density at radius 1 is 1.25 bits per heavy atom. The van der Waals surface area contributed by atoms with Gasteiger partial charge >= 0.3 is 5.97 Å². The van der Waals surface area contributed by atoms with E-state index >= 15 is 0 Å². The van der Waals surface area contributed by atoms with Crippen LogP contribution in [-0.2, 0) is 6.42 Å². The molecule has 0 aliphatic heterocycles. The van der Waals surface area contributed by atoms with Crippen LogP contribution in [0.2, 0.25) is 0 Å². The summed E-state index contributed by atoms with van der Waals surface area (Å²) < 4.78 is 0. The number of carboxylic acids is 1. The molecule has 6 heteroatoms. The van der Waals surface area contributed by atoms with Crippen LogP contribution >= 0.6 is 11.3 Å². The topological polar surface area (TPSA) is 79.3 Å². The van der Waals surface area contributed by atoms with Crippen molar-refractivity contribution in [2.45, 2.75) is 13.3 Å². The van der Waals surface area contributed by atoms with Gasteiger partial charge in [0.05, 0.1) is 16.3 Å². The Balaban J connectivity index is 1.86. The van der Waals surface area contributed by atoms with Crippen LogP contribution < -0.4 is 5.32 Å². The number of hydrogen-bond acceptors (Lipinski definition) is 4. The van der Waals surface area contributed by atoms with E-state index < -0.39 is 5.97 Å². The van der Waals surface area contributed by atoms with Crippen molar-refractivity contribution >= 4 is 23.2 Å². The SMILES string of the molecule is Cc1nc(CCNC(=O)c2ccc(C(=O)O)cc2)cs1. The predicted octanol–water partition coefficient (Wildman–Crippen LogP) is 2.12. The van der Waals surface area contributed by atoms with Crippen LogP contribution in [-0.4, -0.2) is 28.5 Å². The smallest absolute Gasteiger partial charge is 0.335 e. The number of nitrogens with one attached hydrogen (secondary N) is 1. The van der Waals surface area contributed by atoms with Crippen molar-refractivity contribution in [2.24, 2.45) is 0 Å². The number of carboxylic acid groups (broad SMARTS) is 1. The highest BCUT2D eigenvalue weighted by molar-refractivity contribution is 7.09. The Bertz CT molecular complexity index is 620. The van der Waals surface area contributed by atoms with E-state index in [0.717, 1.165) is 10.7 Å². The Morgan fingerprint density at radius 3 is 2.45 bits per heavy atom. The maximum atomic E-state index is 11.8. The van der Waals surface area contributed by atoms with Crippen LogP contribution in [0.1, 0.15) is 31.4 Å². The quantitative estimate of drug-likeness (QED) is 0.884. The van der Waals surface area contributed by atoms with Crippen LogP contribution in [0.4, 0.5) is 0 Å². The second kappa shape index (κ2) is 6.29. The first kappa shape index (κ1) is 14.2. The first-order chi connectivity index (χ1) is 9.56. The fraction of sp³-hybridized carbons (Fsp3) is 0.214. The van der Waals surface area contributed by atoms with Crippen LogP contribution in [0, 0.1) is 6.92 Å². The molecular formula is C14H14N2O3S. The number of hydrogen-bond donors (Lipinski definition) is 2. The van der Waals surface area contributed by atoms with Crippen molar-refractivity contribution in [3.05, 3.63) is 51.5 Å². The molecule has 1 heterocycles. The van der Waals surface area contributed by atoms with Gasteiger partial charge in [-0.2, -0.15) is 0 Å². The van der Waals surface area contributed by atoms with Gasteiger partial charge in [-0.3, -0.25) is 4.79 Å². The maximum Gasteiger partial charge on any atom is 0.335 e. The number of carbonyl (C=O) groups is 2. The third kappa shape index (κ3) is 3.64. The van der Waals surface area contributed by atoms with Crippen molar-refractivity contribution in [3.63, 3.8) is 0 Å². The molecule has 0 saturated heterocycles. The van der Waals surface area contributed by atoms with Gasteiger partial charge in [0.1, 0.15) is 0 Å². The van der Waals surface area contributed by atoms with Crippen molar-refractivity contribution in [1.29, 1.82) is 0 Å². The highest BCUT2D eigenvalue weighted by Gasteiger charge is 2.07. The highest BCUT2D eigenvalue weighted by atomic mass is 32.1. The van der Waals surface area contributed by atoms with Gasteiger partial charge in [-0.05, 0) is 31.2 Å². The largest absolute Gasteiger partial charge is 0.478 e. The minimum Gasteiger partial charge on any atom is -0.478 e. The molecule has 0 spiro atoms. The fourth-order valence-electron chi connectivity index (χ4n) is 1.69. The summed E-state index contributed by atoms with van der Waals surface area (Å²) in [5.41, 5.74) is 1.58. The van der Waals surface area contributed by atoms with Crippen molar-refractivity contribution in [3.8, 4) is 0 Å². The molecule has 2 N–H and O–H groups in total. The normalized spacial score (nSPS) is 10.2. The van der Waals surface area contributed by atoms with Gasteiger partial charge in [0, 0.05) is 23.9 Å². The van der Waals surface area contributed by atoms with E-state index in [1.807, 2.05) is 12.3 Å². The van der Waals surface area contributed by atoms with E-state index in [1.165, 1.54) is 24.3 Å². The molecule has 1 aromatic carbocycles. The van der Waals surface area contributed by atoms with Gasteiger partial charge in [0.2, 0.25) is 0 Å². The lowest BCUT2D eigenvalue weighted by Gasteiger charge is -2.04. The molecule has 2 aromatic rings. The summed E-state index contributed by atoms with van der Waals surface area (Å²) in [5.74, 6) is -1.22. The number of thiazole rings is 1. The number of aromatic nitrogens is 1. The third-order valence-corrected chi connectivity index (χ3v) is 3.55. The molecule has 5 nitrogen and oxygen atoms in total. The number of benzene rings is 1. The summed E-state index contributed by atoms with van der Waals surface area (Å²) in [6, 6.07) is 5.85. The van der Waals surface area contributed by atoms with Gasteiger partial charge < -0.3 is 10.4 Å². The molecule has 0 bridgehead atoms. The van der Waals surface area contributed by atoms with Crippen LogP contribution in [0.25, 0.3) is 0 Å². The molecule has 0 unspecified atom stereocenters. The molecule has 1 amide bonds. The summed E-state index contributed by atoms with van der Waals surface area (Å²) in [5, 5.41) is 14.5. The summed E-state index contributed by atoms with van der Waals surface area (Å²) in [6.07, 6.45) is 0.684. The Labute approximate surface area is 120 Å². The van der Waals surface area contributed by atoms with E-state index in [4.69, 9.17) is 5.11 Å². The van der Waals surface area contributed by atoms with Crippen LogP contribution in [0.15, 0.2) is 29.6 Å². The minimum absolute atomic E-state index is 0.166. The predicted molar refractivity (Wildman–Crippen MR) is 76.3 cm³/mol. The molecule has 1 aromatic heterocycles. The molecule has 2 rings (SSSR count). The molecular weight excluding hydrogens is 276 g/mol. The Morgan fingerprint density at radius 2 is 1.90 bits per heavy atom. The van der Waals surface area contributed by atoms with Crippen molar-refractivity contribution in [1.82, 2.24) is 10.3 Å². The second-order valence-electron chi connectivity index (χ2n) is 4.25. The number of aryl methyl sites for hydroxylation is 1. The average Bonchev–Trinajstić information content (AvgIpc) is 2.84. The number of nitrogens with zero attached hydrogens (tertiary/aromatic N) is 1. The summed E-state index contributed by atoms with van der Waals surface area (Å²) in [7, 11) is 0. The third-order valence-electron chi connectivity index (χ3n) is 2.73. The Kier molecular flexibility index (Phi) is 4.47. The van der Waals surface area contributed by atoms with Crippen LogP contribution in [0.3, 0.4) is 0 Å². The second-order valence-corrected chi connectivity index (χ2v) is 5.31. The van der Waals surface area contributed by atoms with Crippen molar-refractivity contribution < 1.29 is 14.7 Å². The first-order valence-corrected chi connectivity index (χ1v) is 6.97. The Hall–Kier alpha value is -2.21. The van der Waals surface area contributed by atoms with E-state index in [1.54, 1.807) is 11.3 Å². The summed E-state index contributed by atoms with van der Waals surface area (Å²) >= 11 is 1.58. The monoisotopic (exact) mass is 290 g/mol. The molecule has 0 aliphatic carbocycles. The number of carbonyl (C=O) groups excluding carboxylic acids is 1. The van der Waals surface area contributed by atoms with E-state index in [0.29, 0.717) is 18.5 Å². The maximum absolute atomic E-state index is 11.8. The zero-order valence-corrected chi connectivity index (χ0v) is 11.7. The van der Waals surface area contributed by atoms with E-state index in [2.05, 4.69) is 10.3 Å². The lowest BCUT2D eigenvalue weighted by molar-refractivity contribution is 0.0696. The standard InChI is InChI=1S/C14H14N2O3S/c1-9-16-12(8-20-9)6-7-15-13(17)10-2-4-11(5-3-10)14(18)19/h2-5,8H,6-7H2,1H3,(H,15,17)(H,18,19). The lowest BCUT2D eigenvalue weighted by atomic mass is 10.1. The first-order valence-electron chi connectivity index (χ1n) is 6.09. The molecule has 0 radical (unpaired) electrons. The van der Waals surface area contributed by atoms with E-state index in [9.17, 15) is 9.59 Å². The zero-order valence-electron chi connectivity index (χ0n) is 10.9. The zero-order chi connectivity index (χ0) is 14.5. The molecule has 104 valence electrons. The van der Waals surface area contributed by atoms with Gasteiger partial charge in [0.25, 0.3) is 5.91 Å². The molecule has 0 atom stereocenters. The molecule has 20 heavy (non-hydrogen) atoms. The number of aromatic carboxylic acids is 1. The average molecular weight is 290 g/mol. The summed E-state index contributed by atoms with van der Waals surface area (Å²) in [6.45, 7) is 2.44. The van der Waals surface area contributed by atoms with Gasteiger partial charge in [-0.1, -0.05) is 0 Å². The summed E-state index contributed by atoms with van der Waals surface area (Å²) in [4.78, 5) is 26.9. The number of rotatable bonds is 5. The molecule has 0 saturated carbocycles. The van der Waals surface area contributed by atoms with Crippen molar-refractivity contribution in [2.75, 3.05) is 6.54 Å². The number of amides is 1. The highest BCUT2D eigenvalue weighted by Crippen LogP contribution is 2.08. The van der Waals surface area contributed by atoms with E-state index in [-0.39, 0.29) is 11.5 Å². The molecule has 0 fully saturated rings. The van der Waals surface area contributed by atoms with Gasteiger partial charge in [-0.25, -0.2) is 9.78 Å². The van der Waals surface area contributed by atoms with Crippen LogP contribution in [0.5, 0.6) is 0 Å². The fourth-order valence-corrected chi connectivity index (χ4v) is 2.34. The molecule has 0 aliphatic rings. The minimum atomic E-state index is -1.00. The lowest BCUT2D eigenvalue weighted by Crippen LogP contribution is -2.25. The van der Waals surface area contributed by atoms with Gasteiger partial charge in [-0.15, -0.1) is 11.3 Å².